The van der Waals surface area contributed by atoms with E-state index in [9.17, 15) is 18.4 Å². The molecule has 0 saturated carbocycles. The molecule has 0 radical (unpaired) electrons. The molecule has 3 N–H and O–H groups in total. The molecule has 0 fully saturated rings. The van der Waals surface area contributed by atoms with E-state index in [1.165, 1.54) is 24.4 Å². The Morgan fingerprint density at radius 2 is 1.83 bits per heavy atom. The molecule has 1 aromatic heterocycles. The van der Waals surface area contributed by atoms with Crippen molar-refractivity contribution >= 4 is 27.5 Å². The van der Waals surface area contributed by atoms with Crippen molar-refractivity contribution in [2.45, 2.75) is 4.90 Å². The van der Waals surface area contributed by atoms with Gasteiger partial charge in [0.15, 0.2) is 0 Å². The Morgan fingerprint density at radius 3 is 2.41 bits per heavy atom. The number of amides is 1. The van der Waals surface area contributed by atoms with Crippen LogP contribution in [-0.4, -0.2) is 36.5 Å². The number of quaternary nitrogens is 1. The molecule has 0 spiro atoms. The van der Waals surface area contributed by atoms with Crippen LogP contribution < -0.4 is 9.89 Å². The van der Waals surface area contributed by atoms with Gasteiger partial charge < -0.3 is 0 Å². The van der Waals surface area contributed by atoms with Gasteiger partial charge in [0.25, 0.3) is 0 Å². The van der Waals surface area contributed by atoms with E-state index < -0.39 is 20.7 Å². The van der Waals surface area contributed by atoms with Crippen molar-refractivity contribution in [1.29, 1.82) is 0 Å². The molecular weight excluding hydrogens is 416 g/mol. The Kier molecular flexibility index (Phi) is 5.32. The zero-order valence-electron chi connectivity index (χ0n) is 15.2. The average molecular weight is 432 g/mol. The van der Waals surface area contributed by atoms with Crippen LogP contribution >= 0.6 is 11.6 Å². The number of halogens is 1. The number of carbonyl (C=O) groups excluding carboxylic acids is 1. The van der Waals surface area contributed by atoms with Crippen LogP contribution in [0.4, 0.5) is 0 Å². The molecule has 8 nitrogen and oxygen atoms in total. The SMILES string of the molecule is C#CC(=O)[N+](C)(O)n1cc(-c2ccc(Cl)cc2)c(-c2ccccc2S(N)(=O)=O)n1. The van der Waals surface area contributed by atoms with E-state index >= 15 is 0 Å². The number of aromatic nitrogens is 2. The molecule has 148 valence electrons. The van der Waals surface area contributed by atoms with Gasteiger partial charge in [-0.25, -0.2) is 18.4 Å². The fourth-order valence-corrected chi connectivity index (χ4v) is 3.59. The number of carbonyl (C=O) groups is 1. The zero-order valence-corrected chi connectivity index (χ0v) is 16.7. The lowest BCUT2D eigenvalue weighted by Gasteiger charge is -2.18. The highest BCUT2D eigenvalue weighted by atomic mass is 35.5. The van der Waals surface area contributed by atoms with Gasteiger partial charge in [0.2, 0.25) is 10.0 Å². The first kappa shape index (κ1) is 20.7. The van der Waals surface area contributed by atoms with Gasteiger partial charge in [0.1, 0.15) is 12.7 Å². The third kappa shape index (κ3) is 3.93. The van der Waals surface area contributed by atoms with E-state index in [1.54, 1.807) is 30.3 Å². The highest BCUT2D eigenvalue weighted by molar-refractivity contribution is 7.89. The normalized spacial score (nSPS) is 13.5. The van der Waals surface area contributed by atoms with Crippen LogP contribution in [0.3, 0.4) is 0 Å². The van der Waals surface area contributed by atoms with E-state index in [1.807, 2.05) is 5.92 Å². The Balaban J connectivity index is 2.34. The molecule has 0 aliphatic rings. The van der Waals surface area contributed by atoms with Crippen molar-refractivity contribution < 1.29 is 18.4 Å². The summed E-state index contributed by atoms with van der Waals surface area (Å²) in [4.78, 5) is 12.8. The van der Waals surface area contributed by atoms with Crippen molar-refractivity contribution in [2.24, 2.45) is 5.14 Å². The summed E-state index contributed by atoms with van der Waals surface area (Å²) in [7, 11) is -2.94. The Hall–Kier alpha value is -3.00. The summed E-state index contributed by atoms with van der Waals surface area (Å²) in [5.74, 6) is 0.873. The predicted molar refractivity (Wildman–Crippen MR) is 109 cm³/mol. The maximum absolute atomic E-state index is 12.1. The average Bonchev–Trinajstić information content (AvgIpc) is 3.13. The van der Waals surface area contributed by atoms with Gasteiger partial charge >= 0.3 is 5.91 Å². The molecule has 0 bridgehead atoms. The fraction of sp³-hybridized carbons (Fsp3) is 0.0526. The first-order valence-electron chi connectivity index (χ1n) is 8.14. The van der Waals surface area contributed by atoms with Gasteiger partial charge in [-0.05, 0) is 23.8 Å². The van der Waals surface area contributed by atoms with Crippen molar-refractivity contribution in [2.75, 3.05) is 7.05 Å². The van der Waals surface area contributed by atoms with Crippen LogP contribution in [-0.2, 0) is 14.8 Å². The molecule has 1 atom stereocenters. The summed E-state index contributed by atoms with van der Waals surface area (Å²) in [6, 6.07) is 12.7. The molecule has 10 heteroatoms. The third-order valence-electron chi connectivity index (χ3n) is 4.21. The second kappa shape index (κ2) is 7.44. The highest BCUT2D eigenvalue weighted by Crippen LogP contribution is 2.35. The van der Waals surface area contributed by atoms with Crippen LogP contribution in [0, 0.1) is 12.3 Å². The predicted octanol–water partition coefficient (Wildman–Crippen LogP) is 2.14. The standard InChI is InChI=1S/C19H16ClN4O4S/c1-3-18(25)24(2,26)23-12-16(13-8-10-14(20)11-9-13)19(22-23)15-6-4-5-7-17(15)29(21,27)28/h1,4-12,26H,2H3,(H2,21,27,28)/q+1. The van der Waals surface area contributed by atoms with Crippen LogP contribution in [0.5, 0.6) is 0 Å². The minimum atomic E-state index is -4.07. The van der Waals surface area contributed by atoms with Gasteiger partial charge in [-0.15, -0.1) is 11.5 Å². The summed E-state index contributed by atoms with van der Waals surface area (Å²) in [5.41, 5.74) is 1.43. The molecule has 1 amide bonds. The van der Waals surface area contributed by atoms with Crippen molar-refractivity contribution in [3.05, 3.63) is 59.8 Å². The van der Waals surface area contributed by atoms with Crippen molar-refractivity contribution in [3.63, 3.8) is 0 Å². The number of terminal acetylenes is 1. The quantitative estimate of drug-likeness (QED) is 0.284. The first-order chi connectivity index (χ1) is 13.6. The molecule has 0 aliphatic heterocycles. The number of rotatable bonds is 4. The lowest BCUT2D eigenvalue weighted by molar-refractivity contribution is -0.183. The maximum atomic E-state index is 12.1. The van der Waals surface area contributed by atoms with E-state index in [0.717, 1.165) is 11.8 Å². The second-order valence-corrected chi connectivity index (χ2v) is 8.19. The highest BCUT2D eigenvalue weighted by Gasteiger charge is 2.35. The number of sulfonamides is 1. The van der Waals surface area contributed by atoms with E-state index in [2.05, 4.69) is 5.10 Å². The van der Waals surface area contributed by atoms with Crippen LogP contribution in [0.15, 0.2) is 59.6 Å². The van der Waals surface area contributed by atoms with E-state index in [4.69, 9.17) is 23.2 Å². The number of hydrogen-bond acceptors (Lipinski definition) is 5. The number of hydroxylamine groups is 2. The molecule has 0 aliphatic carbocycles. The van der Waals surface area contributed by atoms with Crippen LogP contribution in [0.1, 0.15) is 0 Å². The molecule has 1 unspecified atom stereocenters. The summed E-state index contributed by atoms with van der Waals surface area (Å²) in [6.45, 7) is 0. The van der Waals surface area contributed by atoms with Gasteiger partial charge in [-0.3, -0.25) is 0 Å². The number of nitrogens with zero attached hydrogens (tertiary/aromatic N) is 3. The summed E-state index contributed by atoms with van der Waals surface area (Å²) in [6.07, 6.45) is 6.52. The number of benzene rings is 2. The largest absolute Gasteiger partial charge is 0.450 e. The molecular formula is C19H16ClN4O4S+. The Bertz CT molecular complexity index is 1240. The minimum absolute atomic E-state index is 0.157. The number of hydrogen-bond donors (Lipinski definition) is 2. The smallest absolute Gasteiger partial charge is 0.225 e. The fourth-order valence-electron chi connectivity index (χ4n) is 2.73. The molecule has 3 rings (SSSR count). The van der Waals surface area contributed by atoms with Crippen LogP contribution in [0.2, 0.25) is 5.02 Å². The lowest BCUT2D eigenvalue weighted by atomic mass is 10.0. The zero-order chi connectivity index (χ0) is 21.4. The monoisotopic (exact) mass is 431 g/mol. The van der Waals surface area contributed by atoms with Gasteiger partial charge in [0.05, 0.1) is 11.1 Å². The summed E-state index contributed by atoms with van der Waals surface area (Å²) < 4.78 is 22.8. The van der Waals surface area contributed by atoms with Gasteiger partial charge in [0, 0.05) is 26.8 Å². The van der Waals surface area contributed by atoms with E-state index in [0.29, 0.717) is 16.1 Å². The van der Waals surface area contributed by atoms with Crippen LogP contribution in [0.25, 0.3) is 22.4 Å². The number of primary sulfonamides is 1. The molecule has 3 aromatic rings. The molecule has 29 heavy (non-hydrogen) atoms. The summed E-state index contributed by atoms with van der Waals surface area (Å²) in [5, 5.41) is 20.7. The van der Waals surface area contributed by atoms with Gasteiger partial charge in [-0.2, -0.15) is 5.21 Å². The molecule has 0 saturated heterocycles. The van der Waals surface area contributed by atoms with Gasteiger partial charge in [-0.1, -0.05) is 46.7 Å². The third-order valence-corrected chi connectivity index (χ3v) is 5.43. The molecule has 2 aromatic carbocycles. The Labute approximate surface area is 172 Å². The van der Waals surface area contributed by atoms with Crippen molar-refractivity contribution in [1.82, 2.24) is 14.6 Å². The lowest BCUT2D eigenvalue weighted by Crippen LogP contribution is -2.56. The summed E-state index contributed by atoms with van der Waals surface area (Å²) >= 11 is 5.95. The topological polar surface area (TPSA) is 115 Å². The molecule has 1 heterocycles. The minimum Gasteiger partial charge on any atom is -0.225 e. The van der Waals surface area contributed by atoms with E-state index in [-0.39, 0.29) is 16.2 Å². The Morgan fingerprint density at radius 1 is 1.21 bits per heavy atom. The second-order valence-electron chi connectivity index (χ2n) is 6.22. The maximum Gasteiger partial charge on any atom is 0.450 e. The van der Waals surface area contributed by atoms with Crippen molar-refractivity contribution in [3.8, 4) is 34.7 Å². The number of nitrogens with two attached hydrogens (primary N) is 1. The first-order valence-corrected chi connectivity index (χ1v) is 10.1.